The molecule has 0 spiro atoms. The average molecular weight is 286 g/mol. The summed E-state index contributed by atoms with van der Waals surface area (Å²) >= 11 is 0. The Morgan fingerprint density at radius 2 is 1.81 bits per heavy atom. The number of nitrogens with one attached hydrogen (secondary N) is 2. The zero-order valence-corrected chi connectivity index (χ0v) is 12.3. The zero-order valence-electron chi connectivity index (χ0n) is 12.3. The largest absolute Gasteiger partial charge is 0.349 e. The van der Waals surface area contributed by atoms with Gasteiger partial charge in [0.15, 0.2) is 0 Å². The second kappa shape index (κ2) is 6.29. The van der Waals surface area contributed by atoms with Gasteiger partial charge in [0.2, 0.25) is 5.91 Å². The summed E-state index contributed by atoms with van der Waals surface area (Å²) in [6, 6.07) is 5.77. The Kier molecular flexibility index (Phi) is 4.23. The second-order valence-corrected chi connectivity index (χ2v) is 6.11. The third-order valence-corrected chi connectivity index (χ3v) is 4.44. The van der Waals surface area contributed by atoms with Crippen LogP contribution < -0.4 is 10.6 Å². The Labute approximate surface area is 125 Å². The van der Waals surface area contributed by atoms with Crippen molar-refractivity contribution in [3.05, 3.63) is 29.3 Å². The fourth-order valence-electron chi connectivity index (χ4n) is 3.22. The van der Waals surface area contributed by atoms with Crippen LogP contribution in [0.4, 0.5) is 5.69 Å². The minimum Gasteiger partial charge on any atom is -0.349 e. The molecule has 3 rings (SSSR count). The molecular weight excluding hydrogens is 264 g/mol. The van der Waals surface area contributed by atoms with Crippen molar-refractivity contribution in [1.29, 1.82) is 0 Å². The molecule has 1 saturated carbocycles. The summed E-state index contributed by atoms with van der Waals surface area (Å²) in [4.78, 5) is 23.7. The van der Waals surface area contributed by atoms with Crippen molar-refractivity contribution < 1.29 is 9.59 Å². The smallest absolute Gasteiger partial charge is 0.251 e. The molecule has 1 aromatic carbocycles. The summed E-state index contributed by atoms with van der Waals surface area (Å²) < 4.78 is 0. The van der Waals surface area contributed by atoms with E-state index in [1.165, 1.54) is 32.1 Å². The highest BCUT2D eigenvalue weighted by atomic mass is 16.2. The fourth-order valence-corrected chi connectivity index (χ4v) is 3.22. The number of rotatable bonds is 2. The summed E-state index contributed by atoms with van der Waals surface area (Å²) in [5.74, 6) is -0.0212. The minimum absolute atomic E-state index is 0.00239. The number of hydrogen-bond acceptors (Lipinski definition) is 2. The quantitative estimate of drug-likeness (QED) is 0.878. The molecule has 112 valence electrons. The van der Waals surface area contributed by atoms with Crippen LogP contribution in [0, 0.1) is 0 Å². The van der Waals surface area contributed by atoms with Crippen molar-refractivity contribution in [1.82, 2.24) is 5.32 Å². The van der Waals surface area contributed by atoms with Crippen molar-refractivity contribution in [2.75, 3.05) is 5.32 Å². The predicted octanol–water partition coefficient (Wildman–Crippen LogP) is 3.02. The summed E-state index contributed by atoms with van der Waals surface area (Å²) in [5.41, 5.74) is 2.39. The predicted molar refractivity (Wildman–Crippen MR) is 82.3 cm³/mol. The van der Waals surface area contributed by atoms with Gasteiger partial charge in [-0.1, -0.05) is 38.2 Å². The molecule has 0 unspecified atom stereocenters. The van der Waals surface area contributed by atoms with E-state index < -0.39 is 0 Å². The maximum absolute atomic E-state index is 12.4. The standard InChI is InChI=1S/C17H22N2O2/c20-16-11-12-8-9-13(10-15(12)19-16)17(21)18-14-6-4-2-1-3-5-7-14/h8-10,14H,1-7,11H2,(H,18,21)(H,19,20). The van der Waals surface area contributed by atoms with Gasteiger partial charge in [0, 0.05) is 17.3 Å². The van der Waals surface area contributed by atoms with E-state index >= 15 is 0 Å². The van der Waals surface area contributed by atoms with Crippen molar-refractivity contribution in [2.24, 2.45) is 0 Å². The highest BCUT2D eigenvalue weighted by molar-refractivity contribution is 6.02. The fraction of sp³-hybridized carbons (Fsp3) is 0.529. The van der Waals surface area contributed by atoms with Gasteiger partial charge in [0.05, 0.1) is 6.42 Å². The molecule has 1 aliphatic carbocycles. The van der Waals surface area contributed by atoms with Crippen LogP contribution in [0.25, 0.3) is 0 Å². The van der Waals surface area contributed by atoms with E-state index in [-0.39, 0.29) is 11.8 Å². The molecule has 0 radical (unpaired) electrons. The molecule has 2 amide bonds. The lowest BCUT2D eigenvalue weighted by Crippen LogP contribution is -2.35. The van der Waals surface area contributed by atoms with Gasteiger partial charge in [-0.25, -0.2) is 0 Å². The molecule has 2 aliphatic rings. The van der Waals surface area contributed by atoms with Crippen LogP contribution in [0.2, 0.25) is 0 Å². The van der Waals surface area contributed by atoms with Gasteiger partial charge < -0.3 is 10.6 Å². The molecular formula is C17H22N2O2. The van der Waals surface area contributed by atoms with Gasteiger partial charge in [-0.05, 0) is 30.5 Å². The normalized spacial score (nSPS) is 19.3. The van der Waals surface area contributed by atoms with Crippen LogP contribution in [0.1, 0.15) is 60.9 Å². The maximum Gasteiger partial charge on any atom is 0.251 e. The number of carbonyl (C=O) groups is 2. The lowest BCUT2D eigenvalue weighted by Gasteiger charge is -2.21. The molecule has 0 bridgehead atoms. The number of benzene rings is 1. The van der Waals surface area contributed by atoms with E-state index in [1.54, 1.807) is 6.07 Å². The second-order valence-electron chi connectivity index (χ2n) is 6.11. The number of amides is 2. The topological polar surface area (TPSA) is 58.2 Å². The van der Waals surface area contributed by atoms with Gasteiger partial charge >= 0.3 is 0 Å². The van der Waals surface area contributed by atoms with Gasteiger partial charge in [0.1, 0.15) is 0 Å². The van der Waals surface area contributed by atoms with Crippen molar-refractivity contribution in [3.63, 3.8) is 0 Å². The van der Waals surface area contributed by atoms with Crippen LogP contribution in [0.15, 0.2) is 18.2 Å². The summed E-state index contributed by atoms with van der Waals surface area (Å²) in [6.45, 7) is 0. The van der Waals surface area contributed by atoms with Gasteiger partial charge in [0.25, 0.3) is 5.91 Å². The van der Waals surface area contributed by atoms with Gasteiger partial charge in [-0.2, -0.15) is 0 Å². The first kappa shape index (κ1) is 14.1. The first-order valence-corrected chi connectivity index (χ1v) is 7.96. The molecule has 0 saturated heterocycles. The number of hydrogen-bond donors (Lipinski definition) is 2. The third kappa shape index (κ3) is 3.43. The SMILES string of the molecule is O=C1Cc2ccc(C(=O)NC3CCCCCCC3)cc2N1. The molecule has 1 aromatic rings. The minimum atomic E-state index is -0.0236. The van der Waals surface area contributed by atoms with E-state index in [1.807, 2.05) is 12.1 Å². The highest BCUT2D eigenvalue weighted by Gasteiger charge is 2.20. The maximum atomic E-state index is 12.4. The molecule has 1 aliphatic heterocycles. The van der Waals surface area contributed by atoms with E-state index in [2.05, 4.69) is 10.6 Å². The van der Waals surface area contributed by atoms with Crippen LogP contribution in [0.3, 0.4) is 0 Å². The molecule has 21 heavy (non-hydrogen) atoms. The summed E-state index contributed by atoms with van der Waals surface area (Å²) in [6.07, 6.45) is 8.84. The van der Waals surface area contributed by atoms with E-state index in [0.717, 1.165) is 24.1 Å². The van der Waals surface area contributed by atoms with Crippen molar-refractivity contribution in [2.45, 2.75) is 57.4 Å². The van der Waals surface area contributed by atoms with Crippen LogP contribution in [-0.2, 0) is 11.2 Å². The van der Waals surface area contributed by atoms with Crippen molar-refractivity contribution >= 4 is 17.5 Å². The first-order valence-electron chi connectivity index (χ1n) is 7.96. The van der Waals surface area contributed by atoms with Gasteiger partial charge in [-0.15, -0.1) is 0 Å². The lowest BCUT2D eigenvalue weighted by atomic mass is 9.96. The number of fused-ring (bicyclic) bond motifs is 1. The zero-order chi connectivity index (χ0) is 14.7. The van der Waals surface area contributed by atoms with Crippen LogP contribution in [-0.4, -0.2) is 17.9 Å². The molecule has 2 N–H and O–H groups in total. The Balaban J connectivity index is 1.65. The summed E-state index contributed by atoms with van der Waals surface area (Å²) in [5, 5.41) is 5.95. The molecule has 0 atom stereocenters. The summed E-state index contributed by atoms with van der Waals surface area (Å²) in [7, 11) is 0. The number of anilines is 1. The first-order chi connectivity index (χ1) is 10.2. The van der Waals surface area contributed by atoms with E-state index in [0.29, 0.717) is 18.0 Å². The molecule has 1 heterocycles. The molecule has 4 heteroatoms. The highest BCUT2D eigenvalue weighted by Crippen LogP contribution is 2.24. The molecule has 1 fully saturated rings. The van der Waals surface area contributed by atoms with E-state index in [9.17, 15) is 9.59 Å². The third-order valence-electron chi connectivity index (χ3n) is 4.44. The van der Waals surface area contributed by atoms with Crippen LogP contribution >= 0.6 is 0 Å². The van der Waals surface area contributed by atoms with Crippen LogP contribution in [0.5, 0.6) is 0 Å². The molecule has 4 nitrogen and oxygen atoms in total. The van der Waals surface area contributed by atoms with E-state index in [4.69, 9.17) is 0 Å². The molecule has 0 aromatic heterocycles. The Morgan fingerprint density at radius 3 is 2.57 bits per heavy atom. The van der Waals surface area contributed by atoms with Crippen molar-refractivity contribution in [3.8, 4) is 0 Å². The monoisotopic (exact) mass is 286 g/mol. The lowest BCUT2D eigenvalue weighted by molar-refractivity contribution is -0.115. The van der Waals surface area contributed by atoms with Gasteiger partial charge in [-0.3, -0.25) is 9.59 Å². The Hall–Kier alpha value is -1.84. The number of carbonyl (C=O) groups excluding carboxylic acids is 2. The average Bonchev–Trinajstić information content (AvgIpc) is 2.80. The Morgan fingerprint density at radius 1 is 1.10 bits per heavy atom. The Bertz CT molecular complexity index is 546.